The molecule has 0 bridgehead atoms. The van der Waals surface area contributed by atoms with Crippen molar-refractivity contribution in [1.82, 2.24) is 4.98 Å². The van der Waals surface area contributed by atoms with Crippen molar-refractivity contribution in [1.29, 1.82) is 0 Å². The van der Waals surface area contributed by atoms with E-state index in [0.29, 0.717) is 0 Å². The minimum absolute atomic E-state index is 0.00394. The summed E-state index contributed by atoms with van der Waals surface area (Å²) >= 11 is 0. The molecular weight excluding hydrogens is 215 g/mol. The van der Waals surface area contributed by atoms with Crippen molar-refractivity contribution in [3.05, 3.63) is 23.9 Å². The zero-order valence-corrected chi connectivity index (χ0v) is 7.28. The van der Waals surface area contributed by atoms with Crippen molar-refractivity contribution in [2.24, 2.45) is 0 Å². The second-order valence-corrected chi connectivity index (χ2v) is 2.59. The van der Waals surface area contributed by atoms with Crippen LogP contribution in [0.1, 0.15) is 5.69 Å². The molecule has 0 aliphatic rings. The monoisotopic (exact) mass is 221 g/mol. The predicted octanol–water partition coefficient (Wildman–Crippen LogP) is 1.61. The summed E-state index contributed by atoms with van der Waals surface area (Å²) in [6.45, 7) is 0. The number of nitrogens with zero attached hydrogens (tertiary/aromatic N) is 1. The third-order valence-electron chi connectivity index (χ3n) is 1.33. The summed E-state index contributed by atoms with van der Waals surface area (Å²) in [5, 5.41) is 8.39. The second kappa shape index (κ2) is 4.16. The highest BCUT2D eigenvalue weighted by molar-refractivity contribution is 5.69. The summed E-state index contributed by atoms with van der Waals surface area (Å²) < 4.78 is 38.8. The fourth-order valence-electron chi connectivity index (χ4n) is 0.886. The van der Waals surface area contributed by atoms with Crippen molar-refractivity contribution in [2.75, 3.05) is 0 Å². The van der Waals surface area contributed by atoms with Gasteiger partial charge in [0, 0.05) is 6.07 Å². The van der Waals surface area contributed by atoms with Gasteiger partial charge in [-0.3, -0.25) is 4.79 Å². The number of halogens is 3. The van der Waals surface area contributed by atoms with Gasteiger partial charge in [-0.15, -0.1) is 13.2 Å². The Balaban J connectivity index is 2.79. The topological polar surface area (TPSA) is 59.4 Å². The van der Waals surface area contributed by atoms with Gasteiger partial charge in [0.2, 0.25) is 5.88 Å². The minimum Gasteiger partial charge on any atom is -0.481 e. The normalized spacial score (nSPS) is 11.1. The van der Waals surface area contributed by atoms with Crippen molar-refractivity contribution in [2.45, 2.75) is 12.8 Å². The summed E-state index contributed by atoms with van der Waals surface area (Å²) in [7, 11) is 0. The first-order valence-electron chi connectivity index (χ1n) is 3.80. The molecule has 1 heterocycles. The first-order chi connectivity index (χ1) is 6.87. The van der Waals surface area contributed by atoms with E-state index in [4.69, 9.17) is 5.11 Å². The number of pyridine rings is 1. The maximum absolute atomic E-state index is 11.8. The molecule has 0 atom stereocenters. The molecular formula is C8H6F3NO3. The van der Waals surface area contributed by atoms with Crippen LogP contribution in [0.4, 0.5) is 13.2 Å². The molecule has 0 saturated carbocycles. The maximum Gasteiger partial charge on any atom is 0.574 e. The molecule has 1 N–H and O–H groups in total. The number of hydrogen-bond donors (Lipinski definition) is 1. The van der Waals surface area contributed by atoms with E-state index in [0.717, 1.165) is 6.07 Å². The molecule has 0 saturated heterocycles. The van der Waals surface area contributed by atoms with Crippen LogP contribution in [0.2, 0.25) is 0 Å². The number of aromatic nitrogens is 1. The third kappa shape index (κ3) is 4.30. The first-order valence-corrected chi connectivity index (χ1v) is 3.80. The Morgan fingerprint density at radius 1 is 1.47 bits per heavy atom. The number of hydrogen-bond acceptors (Lipinski definition) is 3. The first kappa shape index (κ1) is 11.3. The average Bonchev–Trinajstić information content (AvgIpc) is 1.99. The average molecular weight is 221 g/mol. The number of carbonyl (C=O) groups is 1. The lowest BCUT2D eigenvalue weighted by Crippen LogP contribution is -2.18. The van der Waals surface area contributed by atoms with Gasteiger partial charge < -0.3 is 9.84 Å². The van der Waals surface area contributed by atoms with E-state index in [1.807, 2.05) is 0 Å². The molecule has 0 spiro atoms. The Hall–Kier alpha value is -1.79. The van der Waals surface area contributed by atoms with E-state index in [-0.39, 0.29) is 5.69 Å². The standard InChI is InChI=1S/C8H6F3NO3/c9-8(10,11)15-6-3-1-2-5(12-6)4-7(13)14/h1-3H,4H2,(H,13,14). The van der Waals surface area contributed by atoms with E-state index in [9.17, 15) is 18.0 Å². The van der Waals surface area contributed by atoms with Gasteiger partial charge in [-0.1, -0.05) is 6.07 Å². The van der Waals surface area contributed by atoms with Crippen molar-refractivity contribution >= 4 is 5.97 Å². The van der Waals surface area contributed by atoms with Crippen LogP contribution in [-0.2, 0) is 11.2 Å². The molecule has 0 aliphatic carbocycles. The van der Waals surface area contributed by atoms with Crippen LogP contribution < -0.4 is 4.74 Å². The van der Waals surface area contributed by atoms with Gasteiger partial charge in [-0.05, 0) is 6.07 Å². The maximum atomic E-state index is 11.8. The van der Waals surface area contributed by atoms with Gasteiger partial charge in [0.1, 0.15) is 0 Å². The van der Waals surface area contributed by atoms with Crippen LogP contribution in [0.3, 0.4) is 0 Å². The highest BCUT2D eigenvalue weighted by Gasteiger charge is 2.31. The minimum atomic E-state index is -4.82. The third-order valence-corrected chi connectivity index (χ3v) is 1.33. The predicted molar refractivity (Wildman–Crippen MR) is 42.3 cm³/mol. The highest BCUT2D eigenvalue weighted by Crippen LogP contribution is 2.20. The molecule has 1 aromatic rings. The number of aliphatic carboxylic acids is 1. The molecule has 1 rings (SSSR count). The van der Waals surface area contributed by atoms with Crippen LogP contribution in [0.25, 0.3) is 0 Å². The fraction of sp³-hybridized carbons (Fsp3) is 0.250. The van der Waals surface area contributed by atoms with Crippen molar-refractivity contribution < 1.29 is 27.8 Å². The number of alkyl halides is 3. The van der Waals surface area contributed by atoms with E-state index >= 15 is 0 Å². The number of rotatable bonds is 3. The molecule has 0 aliphatic heterocycles. The molecule has 0 radical (unpaired) electrons. The molecule has 0 unspecified atom stereocenters. The Kier molecular flexibility index (Phi) is 3.13. The molecule has 1 aromatic heterocycles. The van der Waals surface area contributed by atoms with Gasteiger partial charge in [0.05, 0.1) is 12.1 Å². The molecule has 15 heavy (non-hydrogen) atoms. The zero-order chi connectivity index (χ0) is 11.5. The number of carboxylic acid groups (broad SMARTS) is 1. The van der Waals surface area contributed by atoms with Gasteiger partial charge in [-0.2, -0.15) is 0 Å². The van der Waals surface area contributed by atoms with Crippen molar-refractivity contribution in [3.8, 4) is 5.88 Å². The van der Waals surface area contributed by atoms with Gasteiger partial charge >= 0.3 is 12.3 Å². The van der Waals surface area contributed by atoms with Crippen LogP contribution >= 0.6 is 0 Å². The highest BCUT2D eigenvalue weighted by atomic mass is 19.4. The quantitative estimate of drug-likeness (QED) is 0.842. The number of carboxylic acids is 1. The molecule has 0 aromatic carbocycles. The molecule has 4 nitrogen and oxygen atoms in total. The van der Waals surface area contributed by atoms with E-state index in [2.05, 4.69) is 9.72 Å². The largest absolute Gasteiger partial charge is 0.574 e. The van der Waals surface area contributed by atoms with E-state index in [1.165, 1.54) is 12.1 Å². The second-order valence-electron chi connectivity index (χ2n) is 2.59. The van der Waals surface area contributed by atoms with Crippen LogP contribution in [0.15, 0.2) is 18.2 Å². The summed E-state index contributed by atoms with van der Waals surface area (Å²) in [5.74, 6) is -1.84. The summed E-state index contributed by atoms with van der Waals surface area (Å²) in [6.07, 6.45) is -5.27. The van der Waals surface area contributed by atoms with Crippen LogP contribution in [0.5, 0.6) is 5.88 Å². The lowest BCUT2D eigenvalue weighted by molar-refractivity contribution is -0.276. The van der Waals surface area contributed by atoms with Gasteiger partial charge in [0.25, 0.3) is 0 Å². The smallest absolute Gasteiger partial charge is 0.481 e. The van der Waals surface area contributed by atoms with Crippen LogP contribution in [0, 0.1) is 0 Å². The fourth-order valence-corrected chi connectivity index (χ4v) is 0.886. The van der Waals surface area contributed by atoms with E-state index in [1.54, 1.807) is 0 Å². The number of ether oxygens (including phenoxy) is 1. The van der Waals surface area contributed by atoms with Crippen LogP contribution in [-0.4, -0.2) is 22.4 Å². The van der Waals surface area contributed by atoms with Gasteiger partial charge in [-0.25, -0.2) is 4.98 Å². The zero-order valence-electron chi connectivity index (χ0n) is 7.28. The molecule has 0 amide bonds. The SMILES string of the molecule is O=C(O)Cc1cccc(OC(F)(F)F)n1. The molecule has 82 valence electrons. The molecule has 0 fully saturated rings. The lowest BCUT2D eigenvalue weighted by Gasteiger charge is -2.07. The Morgan fingerprint density at radius 2 is 2.13 bits per heavy atom. The Labute approximate surface area is 82.3 Å². The van der Waals surface area contributed by atoms with E-state index < -0.39 is 24.6 Å². The summed E-state index contributed by atoms with van der Waals surface area (Å²) in [5.41, 5.74) is 0.00394. The Morgan fingerprint density at radius 3 is 2.67 bits per heavy atom. The summed E-state index contributed by atoms with van der Waals surface area (Å²) in [6, 6.07) is 3.54. The van der Waals surface area contributed by atoms with Gasteiger partial charge in [0.15, 0.2) is 0 Å². The molecule has 7 heteroatoms. The Bertz CT molecular complexity index is 364. The lowest BCUT2D eigenvalue weighted by atomic mass is 10.3. The van der Waals surface area contributed by atoms with Crippen molar-refractivity contribution in [3.63, 3.8) is 0 Å². The summed E-state index contributed by atoms with van der Waals surface area (Å²) in [4.78, 5) is 13.6.